The molecule has 1 aromatic rings. The zero-order valence-electron chi connectivity index (χ0n) is 15.7. The molecular formula is C19H21N3O4S2. The van der Waals surface area contributed by atoms with Gasteiger partial charge in [-0.2, -0.15) is 0 Å². The maximum atomic E-state index is 13.0. The van der Waals surface area contributed by atoms with Crippen molar-refractivity contribution in [2.45, 2.75) is 32.7 Å². The van der Waals surface area contributed by atoms with Crippen molar-refractivity contribution in [2.24, 2.45) is 0 Å². The molecule has 1 unspecified atom stereocenters. The Morgan fingerprint density at radius 3 is 2.21 bits per heavy atom. The van der Waals surface area contributed by atoms with Crippen molar-refractivity contribution >= 4 is 51.9 Å². The molecule has 0 aliphatic carbocycles. The van der Waals surface area contributed by atoms with E-state index >= 15 is 0 Å². The van der Waals surface area contributed by atoms with Gasteiger partial charge in [0.1, 0.15) is 10.4 Å². The van der Waals surface area contributed by atoms with E-state index in [4.69, 9.17) is 12.2 Å². The van der Waals surface area contributed by atoms with Crippen LogP contribution in [0.25, 0.3) is 0 Å². The number of imide groups is 2. The number of rotatable bonds is 5. The van der Waals surface area contributed by atoms with Crippen LogP contribution in [0, 0.1) is 0 Å². The number of amides is 4. The standard InChI is InChI=1S/C19H21N3O4S2/c1-3-20(4-2)19(27)28-11-21-15(23)10-9-14(18(21)26)22-16(24)12-7-5-6-8-13(12)17(22)25/h5-8,14H,3-4,9-11H2,1-2H3. The van der Waals surface area contributed by atoms with Gasteiger partial charge < -0.3 is 4.90 Å². The van der Waals surface area contributed by atoms with Crippen LogP contribution >= 0.6 is 24.0 Å². The fourth-order valence-electron chi connectivity index (χ4n) is 3.38. The van der Waals surface area contributed by atoms with Crippen LogP contribution in [0.5, 0.6) is 0 Å². The number of piperidine rings is 1. The minimum Gasteiger partial charge on any atom is -0.358 e. The number of hydrogen-bond donors (Lipinski definition) is 0. The molecule has 7 nitrogen and oxygen atoms in total. The summed E-state index contributed by atoms with van der Waals surface area (Å²) in [6.07, 6.45) is 0.243. The Bertz CT molecular complexity index is 818. The number of likely N-dealkylation sites (tertiary alicyclic amines) is 1. The van der Waals surface area contributed by atoms with Crippen LogP contribution in [0.3, 0.4) is 0 Å². The lowest BCUT2D eigenvalue weighted by atomic mass is 10.0. The van der Waals surface area contributed by atoms with Gasteiger partial charge in [0.2, 0.25) is 5.91 Å². The number of carbonyl (C=O) groups excluding carboxylic acids is 4. The summed E-state index contributed by atoms with van der Waals surface area (Å²) in [5.74, 6) is -1.74. The normalized spacial score (nSPS) is 19.3. The molecule has 1 saturated heterocycles. The quantitative estimate of drug-likeness (QED) is 0.534. The molecule has 4 amide bonds. The summed E-state index contributed by atoms with van der Waals surface area (Å²) in [6, 6.07) is 5.54. The number of carbonyl (C=O) groups is 4. The fraction of sp³-hybridized carbons (Fsp3) is 0.421. The van der Waals surface area contributed by atoms with Crippen molar-refractivity contribution in [1.82, 2.24) is 14.7 Å². The first-order valence-corrected chi connectivity index (χ1v) is 10.5. The Morgan fingerprint density at radius 1 is 1.11 bits per heavy atom. The van der Waals surface area contributed by atoms with E-state index in [0.29, 0.717) is 15.4 Å². The highest BCUT2D eigenvalue weighted by Gasteiger charge is 2.46. The van der Waals surface area contributed by atoms with Gasteiger partial charge in [0, 0.05) is 19.5 Å². The first kappa shape index (κ1) is 20.5. The summed E-state index contributed by atoms with van der Waals surface area (Å²) in [5, 5.41) is 0. The molecule has 0 aromatic heterocycles. The molecule has 148 valence electrons. The van der Waals surface area contributed by atoms with E-state index in [9.17, 15) is 19.2 Å². The molecule has 0 radical (unpaired) electrons. The Balaban J connectivity index is 1.76. The molecule has 0 saturated carbocycles. The van der Waals surface area contributed by atoms with Crippen molar-refractivity contribution < 1.29 is 19.2 Å². The maximum Gasteiger partial charge on any atom is 0.262 e. The summed E-state index contributed by atoms with van der Waals surface area (Å²) in [5.41, 5.74) is 0.585. The Morgan fingerprint density at radius 2 is 1.68 bits per heavy atom. The highest BCUT2D eigenvalue weighted by molar-refractivity contribution is 8.22. The molecule has 1 fully saturated rings. The molecule has 28 heavy (non-hydrogen) atoms. The lowest BCUT2D eigenvalue weighted by Crippen LogP contribution is -2.56. The van der Waals surface area contributed by atoms with Crippen molar-refractivity contribution in [3.05, 3.63) is 35.4 Å². The average molecular weight is 420 g/mol. The number of nitrogens with zero attached hydrogens (tertiary/aromatic N) is 3. The van der Waals surface area contributed by atoms with E-state index in [-0.39, 0.29) is 24.6 Å². The lowest BCUT2D eigenvalue weighted by molar-refractivity contribution is -0.150. The summed E-state index contributed by atoms with van der Waals surface area (Å²) in [6.45, 7) is 5.43. The largest absolute Gasteiger partial charge is 0.358 e. The van der Waals surface area contributed by atoms with Crippen molar-refractivity contribution in [2.75, 3.05) is 19.0 Å². The predicted octanol–water partition coefficient (Wildman–Crippen LogP) is 2.12. The second kappa shape index (κ2) is 8.40. The van der Waals surface area contributed by atoms with Crippen LogP contribution in [-0.2, 0) is 9.59 Å². The van der Waals surface area contributed by atoms with Gasteiger partial charge in [-0.15, -0.1) is 0 Å². The summed E-state index contributed by atoms with van der Waals surface area (Å²) in [7, 11) is 0. The minimum absolute atomic E-state index is 0.0761. The van der Waals surface area contributed by atoms with E-state index < -0.39 is 23.8 Å². The van der Waals surface area contributed by atoms with Crippen LogP contribution in [0.4, 0.5) is 0 Å². The molecule has 0 spiro atoms. The monoisotopic (exact) mass is 419 g/mol. The maximum absolute atomic E-state index is 13.0. The van der Waals surface area contributed by atoms with Crippen LogP contribution in [0.2, 0.25) is 0 Å². The number of hydrogen-bond acceptors (Lipinski definition) is 6. The van der Waals surface area contributed by atoms with Gasteiger partial charge in [-0.05, 0) is 32.4 Å². The highest BCUT2D eigenvalue weighted by atomic mass is 32.2. The van der Waals surface area contributed by atoms with Crippen LogP contribution in [0.1, 0.15) is 47.4 Å². The molecule has 0 N–H and O–H groups in total. The molecule has 0 bridgehead atoms. The Kier molecular flexibility index (Phi) is 6.14. The van der Waals surface area contributed by atoms with E-state index in [1.807, 2.05) is 18.7 Å². The van der Waals surface area contributed by atoms with Crippen LogP contribution in [0.15, 0.2) is 24.3 Å². The summed E-state index contributed by atoms with van der Waals surface area (Å²) >= 11 is 6.60. The summed E-state index contributed by atoms with van der Waals surface area (Å²) < 4.78 is 0.605. The molecule has 2 heterocycles. The molecular weight excluding hydrogens is 398 g/mol. The van der Waals surface area contributed by atoms with Crippen LogP contribution < -0.4 is 0 Å². The third-order valence-electron chi connectivity index (χ3n) is 4.96. The molecule has 1 aromatic carbocycles. The van der Waals surface area contributed by atoms with Crippen molar-refractivity contribution in [3.63, 3.8) is 0 Å². The fourth-order valence-corrected chi connectivity index (χ4v) is 4.75. The SMILES string of the molecule is CCN(CC)C(=S)SCN1C(=O)CCC(N2C(=O)c3ccccc3C2=O)C1=O. The van der Waals surface area contributed by atoms with Gasteiger partial charge in [0.05, 0.1) is 17.0 Å². The first-order chi connectivity index (χ1) is 13.4. The minimum atomic E-state index is -0.965. The number of fused-ring (bicyclic) bond motifs is 1. The zero-order valence-corrected chi connectivity index (χ0v) is 17.3. The van der Waals surface area contributed by atoms with Gasteiger partial charge in [-0.1, -0.05) is 36.1 Å². The topological polar surface area (TPSA) is 78.0 Å². The molecule has 9 heteroatoms. The van der Waals surface area contributed by atoms with E-state index in [2.05, 4.69) is 0 Å². The van der Waals surface area contributed by atoms with E-state index in [1.165, 1.54) is 11.8 Å². The second-order valence-corrected chi connectivity index (χ2v) is 8.03. The number of benzene rings is 1. The van der Waals surface area contributed by atoms with Gasteiger partial charge in [-0.3, -0.25) is 29.0 Å². The number of thioether (sulfide) groups is 1. The van der Waals surface area contributed by atoms with Gasteiger partial charge in [-0.25, -0.2) is 0 Å². The summed E-state index contributed by atoms with van der Waals surface area (Å²) in [4.78, 5) is 54.7. The van der Waals surface area contributed by atoms with Gasteiger partial charge in [0.15, 0.2) is 0 Å². The average Bonchev–Trinajstić information content (AvgIpc) is 2.94. The molecule has 2 aliphatic rings. The third-order valence-corrected chi connectivity index (χ3v) is 6.46. The van der Waals surface area contributed by atoms with E-state index in [0.717, 1.165) is 22.9 Å². The zero-order chi connectivity index (χ0) is 20.4. The number of thiocarbonyl (C=S) groups is 1. The van der Waals surface area contributed by atoms with E-state index in [1.54, 1.807) is 24.3 Å². The third kappa shape index (κ3) is 3.56. The molecule has 1 atom stereocenters. The smallest absolute Gasteiger partial charge is 0.262 e. The first-order valence-electron chi connectivity index (χ1n) is 9.13. The Hall–Kier alpha value is -2.26. The lowest BCUT2D eigenvalue weighted by Gasteiger charge is -2.34. The molecule has 2 aliphatic heterocycles. The highest BCUT2D eigenvalue weighted by Crippen LogP contribution is 2.29. The van der Waals surface area contributed by atoms with Gasteiger partial charge >= 0.3 is 0 Å². The van der Waals surface area contributed by atoms with Crippen molar-refractivity contribution in [3.8, 4) is 0 Å². The van der Waals surface area contributed by atoms with Crippen LogP contribution in [-0.4, -0.2) is 67.7 Å². The van der Waals surface area contributed by atoms with Gasteiger partial charge in [0.25, 0.3) is 17.7 Å². The predicted molar refractivity (Wildman–Crippen MR) is 110 cm³/mol. The second-order valence-electron chi connectivity index (χ2n) is 6.45. The van der Waals surface area contributed by atoms with Crippen molar-refractivity contribution in [1.29, 1.82) is 0 Å². The Labute approximate surface area is 173 Å². The molecule has 3 rings (SSSR count).